The molecule has 1 aliphatic rings. The minimum atomic E-state index is -0.384. The number of carbonyl (C=O) groups is 1. The quantitative estimate of drug-likeness (QED) is 0.841. The summed E-state index contributed by atoms with van der Waals surface area (Å²) in [4.78, 5) is 12.5. The SMILES string of the molecule is CC(Cl)C(C)(C)NC(=O)C1CCCc2ccccc21. The van der Waals surface area contributed by atoms with Crippen LogP contribution in [0.2, 0.25) is 0 Å². The highest BCUT2D eigenvalue weighted by molar-refractivity contribution is 6.21. The predicted molar refractivity (Wildman–Crippen MR) is 79.7 cm³/mol. The number of halogens is 1. The molecule has 0 fully saturated rings. The Hall–Kier alpha value is -1.02. The van der Waals surface area contributed by atoms with Gasteiger partial charge in [-0.3, -0.25) is 4.79 Å². The first-order valence-electron chi connectivity index (χ1n) is 6.95. The second-order valence-electron chi connectivity index (χ2n) is 5.97. The van der Waals surface area contributed by atoms with E-state index in [1.165, 1.54) is 11.1 Å². The summed E-state index contributed by atoms with van der Waals surface area (Å²) in [7, 11) is 0. The normalized spacial score (nSPS) is 20.5. The maximum absolute atomic E-state index is 12.5. The van der Waals surface area contributed by atoms with Gasteiger partial charge in [0.25, 0.3) is 0 Å². The van der Waals surface area contributed by atoms with Gasteiger partial charge in [-0.25, -0.2) is 0 Å². The molecule has 19 heavy (non-hydrogen) atoms. The summed E-state index contributed by atoms with van der Waals surface area (Å²) in [6, 6.07) is 8.27. The molecule has 0 aliphatic heterocycles. The maximum atomic E-state index is 12.5. The molecule has 2 nitrogen and oxygen atoms in total. The van der Waals surface area contributed by atoms with Gasteiger partial charge in [-0.05, 0) is 51.2 Å². The number of alkyl halides is 1. The molecule has 0 heterocycles. The molecule has 1 amide bonds. The molecule has 2 unspecified atom stereocenters. The van der Waals surface area contributed by atoms with Gasteiger partial charge in [0.2, 0.25) is 5.91 Å². The first-order chi connectivity index (χ1) is 8.92. The lowest BCUT2D eigenvalue weighted by molar-refractivity contribution is -0.124. The second-order valence-corrected chi connectivity index (χ2v) is 6.63. The topological polar surface area (TPSA) is 29.1 Å². The number of nitrogens with one attached hydrogen (secondary N) is 1. The van der Waals surface area contributed by atoms with E-state index in [4.69, 9.17) is 11.6 Å². The van der Waals surface area contributed by atoms with Crippen LogP contribution in [0.3, 0.4) is 0 Å². The lowest BCUT2D eigenvalue weighted by Gasteiger charge is -2.33. The molecule has 1 N–H and O–H groups in total. The van der Waals surface area contributed by atoms with Crippen LogP contribution in [0.15, 0.2) is 24.3 Å². The number of hydrogen-bond donors (Lipinski definition) is 1. The summed E-state index contributed by atoms with van der Waals surface area (Å²) < 4.78 is 0. The first-order valence-corrected chi connectivity index (χ1v) is 7.39. The van der Waals surface area contributed by atoms with Crippen LogP contribution in [0.5, 0.6) is 0 Å². The average Bonchev–Trinajstić information content (AvgIpc) is 2.37. The number of rotatable bonds is 3. The van der Waals surface area contributed by atoms with E-state index in [1.807, 2.05) is 32.9 Å². The first kappa shape index (κ1) is 14.4. The van der Waals surface area contributed by atoms with Crippen LogP contribution in [-0.4, -0.2) is 16.8 Å². The molecule has 0 bridgehead atoms. The third-order valence-corrected chi connectivity index (χ3v) is 4.67. The Balaban J connectivity index is 2.18. The fraction of sp³-hybridized carbons (Fsp3) is 0.562. The fourth-order valence-corrected chi connectivity index (χ4v) is 2.58. The highest BCUT2D eigenvalue weighted by Gasteiger charge is 2.32. The monoisotopic (exact) mass is 279 g/mol. The minimum absolute atomic E-state index is 0.0281. The molecule has 104 valence electrons. The summed E-state index contributed by atoms with van der Waals surface area (Å²) in [5, 5.41) is 2.99. The number of hydrogen-bond acceptors (Lipinski definition) is 1. The van der Waals surface area contributed by atoms with Crippen molar-refractivity contribution in [3.63, 3.8) is 0 Å². The lowest BCUT2D eigenvalue weighted by atomic mass is 9.82. The fourth-order valence-electron chi connectivity index (χ4n) is 2.53. The zero-order valence-electron chi connectivity index (χ0n) is 11.9. The van der Waals surface area contributed by atoms with Crippen LogP contribution in [0.4, 0.5) is 0 Å². The van der Waals surface area contributed by atoms with Crippen molar-refractivity contribution in [2.24, 2.45) is 0 Å². The van der Waals surface area contributed by atoms with E-state index in [1.54, 1.807) is 0 Å². The van der Waals surface area contributed by atoms with E-state index in [9.17, 15) is 4.79 Å². The van der Waals surface area contributed by atoms with E-state index < -0.39 is 0 Å². The summed E-state index contributed by atoms with van der Waals surface area (Å²) in [5.74, 6) is 0.0734. The van der Waals surface area contributed by atoms with Gasteiger partial charge < -0.3 is 5.32 Å². The Bertz CT molecular complexity index is 468. The molecule has 0 saturated carbocycles. The summed E-state index contributed by atoms with van der Waals surface area (Å²) in [6.45, 7) is 5.85. The Morgan fingerprint density at radius 2 is 2.11 bits per heavy atom. The van der Waals surface area contributed by atoms with Gasteiger partial charge in [-0.2, -0.15) is 0 Å². The number of aryl methyl sites for hydroxylation is 1. The molecule has 0 aromatic heterocycles. The zero-order valence-corrected chi connectivity index (χ0v) is 12.6. The molecular formula is C16H22ClNO. The van der Waals surface area contributed by atoms with Gasteiger partial charge in [0.1, 0.15) is 0 Å². The van der Waals surface area contributed by atoms with Gasteiger partial charge in [0, 0.05) is 0 Å². The standard InChI is InChI=1S/C16H22ClNO/c1-11(17)16(2,3)18-15(19)14-10-6-8-12-7-4-5-9-13(12)14/h4-5,7,9,11,14H,6,8,10H2,1-3H3,(H,18,19). The molecule has 2 rings (SSSR count). The van der Waals surface area contributed by atoms with E-state index in [2.05, 4.69) is 17.4 Å². The van der Waals surface area contributed by atoms with Gasteiger partial charge >= 0.3 is 0 Å². The molecule has 3 heteroatoms. The van der Waals surface area contributed by atoms with E-state index in [-0.39, 0.29) is 22.7 Å². The van der Waals surface area contributed by atoms with Gasteiger partial charge in [-0.15, -0.1) is 11.6 Å². The Labute approximate surface area is 120 Å². The third-order valence-electron chi connectivity index (χ3n) is 4.13. The van der Waals surface area contributed by atoms with Crippen molar-refractivity contribution in [2.45, 2.75) is 56.9 Å². The smallest absolute Gasteiger partial charge is 0.228 e. The number of amides is 1. The molecule has 2 atom stereocenters. The summed E-state index contributed by atoms with van der Waals surface area (Å²) in [6.07, 6.45) is 3.08. The van der Waals surface area contributed by atoms with Crippen LogP contribution < -0.4 is 5.32 Å². The number of carbonyl (C=O) groups excluding carboxylic acids is 1. The largest absolute Gasteiger partial charge is 0.349 e. The maximum Gasteiger partial charge on any atom is 0.228 e. The predicted octanol–water partition coefficient (Wildman–Crippen LogP) is 3.63. The van der Waals surface area contributed by atoms with Gasteiger partial charge in [0.05, 0.1) is 16.8 Å². The van der Waals surface area contributed by atoms with Crippen molar-refractivity contribution in [2.75, 3.05) is 0 Å². The van der Waals surface area contributed by atoms with Crippen molar-refractivity contribution in [1.82, 2.24) is 5.32 Å². The third kappa shape index (κ3) is 3.11. The minimum Gasteiger partial charge on any atom is -0.349 e. The van der Waals surface area contributed by atoms with E-state index in [0.717, 1.165) is 19.3 Å². The number of benzene rings is 1. The van der Waals surface area contributed by atoms with Crippen LogP contribution in [0, 0.1) is 0 Å². The lowest BCUT2D eigenvalue weighted by Crippen LogP contribution is -2.50. The molecule has 0 saturated heterocycles. The molecular weight excluding hydrogens is 258 g/mol. The molecule has 1 aromatic carbocycles. The van der Waals surface area contributed by atoms with Crippen molar-refractivity contribution >= 4 is 17.5 Å². The van der Waals surface area contributed by atoms with Gasteiger partial charge in [-0.1, -0.05) is 24.3 Å². The van der Waals surface area contributed by atoms with Crippen molar-refractivity contribution < 1.29 is 4.79 Å². The molecule has 1 aromatic rings. The highest BCUT2D eigenvalue weighted by Crippen LogP contribution is 2.32. The van der Waals surface area contributed by atoms with Crippen LogP contribution in [0.1, 0.15) is 50.7 Å². The zero-order chi connectivity index (χ0) is 14.0. The number of fused-ring (bicyclic) bond motifs is 1. The molecule has 0 radical (unpaired) electrons. The van der Waals surface area contributed by atoms with E-state index >= 15 is 0 Å². The summed E-state index contributed by atoms with van der Waals surface area (Å²) >= 11 is 6.14. The Kier molecular flexibility index (Phi) is 4.19. The van der Waals surface area contributed by atoms with Crippen LogP contribution >= 0.6 is 11.6 Å². The highest BCUT2D eigenvalue weighted by atomic mass is 35.5. The molecule has 0 spiro atoms. The molecule has 1 aliphatic carbocycles. The summed E-state index contributed by atoms with van der Waals surface area (Å²) in [5.41, 5.74) is 2.11. The van der Waals surface area contributed by atoms with E-state index in [0.29, 0.717) is 0 Å². The Morgan fingerprint density at radius 1 is 1.42 bits per heavy atom. The van der Waals surface area contributed by atoms with Crippen molar-refractivity contribution in [3.05, 3.63) is 35.4 Å². The van der Waals surface area contributed by atoms with Crippen LogP contribution in [-0.2, 0) is 11.2 Å². The van der Waals surface area contributed by atoms with Crippen molar-refractivity contribution in [1.29, 1.82) is 0 Å². The van der Waals surface area contributed by atoms with Gasteiger partial charge in [0.15, 0.2) is 0 Å². The Morgan fingerprint density at radius 3 is 2.79 bits per heavy atom. The van der Waals surface area contributed by atoms with Crippen molar-refractivity contribution in [3.8, 4) is 0 Å². The van der Waals surface area contributed by atoms with Crippen LogP contribution in [0.25, 0.3) is 0 Å². The second kappa shape index (κ2) is 5.54. The average molecular weight is 280 g/mol.